The molecule has 2 aromatic carbocycles. The fraction of sp³-hybridized carbons (Fsp3) is 0.300. The van der Waals surface area contributed by atoms with Crippen molar-refractivity contribution in [2.24, 2.45) is 10.8 Å². The molecule has 1 aliphatic heterocycles. The largest absolute Gasteiger partial charge is 0.375 e. The maximum absolute atomic E-state index is 14.6. The van der Waals surface area contributed by atoms with Gasteiger partial charge < -0.3 is 10.6 Å². The molecule has 5 nitrogen and oxygen atoms in total. The molecule has 1 unspecified atom stereocenters. The van der Waals surface area contributed by atoms with Crippen molar-refractivity contribution in [3.63, 3.8) is 0 Å². The molecule has 1 fully saturated rings. The van der Waals surface area contributed by atoms with E-state index in [1.807, 2.05) is 18.2 Å². The first-order chi connectivity index (χ1) is 13.5. The second kappa shape index (κ2) is 9.07. The highest BCUT2D eigenvalue weighted by atomic mass is 32.1. The molecule has 1 aliphatic rings. The Kier molecular flexibility index (Phi) is 6.53. The van der Waals surface area contributed by atoms with Crippen LogP contribution < -0.4 is 16.1 Å². The standard InChI is InChI=1S/C20H23F2N5S/c1-14(16-5-3-2-4-6-16)26-7-9-27(10-8-26)19-17(21)11-15(12-18(19)22)13-24-25-20(23)28/h2-6,11-14H,7-10H2,1H3,(H3,23,25,28)/b24-13+. The van der Waals surface area contributed by atoms with E-state index in [2.05, 4.69) is 46.7 Å². The Hall–Kier alpha value is -2.58. The molecule has 148 valence electrons. The van der Waals surface area contributed by atoms with Crippen LogP contribution in [-0.4, -0.2) is 42.4 Å². The zero-order chi connectivity index (χ0) is 20.1. The summed E-state index contributed by atoms with van der Waals surface area (Å²) in [6.45, 7) is 4.73. The monoisotopic (exact) mass is 403 g/mol. The van der Waals surface area contributed by atoms with E-state index in [0.717, 1.165) is 13.1 Å². The molecule has 0 saturated carbocycles. The fourth-order valence-electron chi connectivity index (χ4n) is 3.41. The Labute approximate surface area is 168 Å². The Bertz CT molecular complexity index is 828. The van der Waals surface area contributed by atoms with Gasteiger partial charge in [-0.1, -0.05) is 30.3 Å². The Morgan fingerprint density at radius 1 is 1.14 bits per heavy atom. The van der Waals surface area contributed by atoms with Gasteiger partial charge in [-0.15, -0.1) is 0 Å². The number of hydrogen-bond acceptors (Lipinski definition) is 4. The number of nitrogens with one attached hydrogen (secondary N) is 1. The van der Waals surface area contributed by atoms with Gasteiger partial charge in [0.15, 0.2) is 5.11 Å². The van der Waals surface area contributed by atoms with Crippen LogP contribution in [0.2, 0.25) is 0 Å². The van der Waals surface area contributed by atoms with Crippen LogP contribution in [0.3, 0.4) is 0 Å². The van der Waals surface area contributed by atoms with Crippen LogP contribution in [0.5, 0.6) is 0 Å². The van der Waals surface area contributed by atoms with E-state index in [1.165, 1.54) is 23.9 Å². The number of anilines is 1. The van der Waals surface area contributed by atoms with Crippen LogP contribution >= 0.6 is 12.2 Å². The maximum Gasteiger partial charge on any atom is 0.184 e. The van der Waals surface area contributed by atoms with E-state index in [9.17, 15) is 8.78 Å². The van der Waals surface area contributed by atoms with Gasteiger partial charge in [0.05, 0.1) is 6.21 Å². The van der Waals surface area contributed by atoms with Crippen LogP contribution in [0.4, 0.5) is 14.5 Å². The summed E-state index contributed by atoms with van der Waals surface area (Å²) >= 11 is 4.62. The zero-order valence-corrected chi connectivity index (χ0v) is 16.4. The summed E-state index contributed by atoms with van der Waals surface area (Å²) in [6.07, 6.45) is 1.27. The lowest BCUT2D eigenvalue weighted by molar-refractivity contribution is 0.197. The van der Waals surface area contributed by atoms with Crippen molar-refractivity contribution in [3.05, 3.63) is 65.2 Å². The molecule has 3 N–H and O–H groups in total. The Morgan fingerprint density at radius 3 is 2.32 bits per heavy atom. The summed E-state index contributed by atoms with van der Waals surface area (Å²) in [4.78, 5) is 4.08. The molecule has 1 atom stereocenters. The molecule has 0 spiro atoms. The topological polar surface area (TPSA) is 56.9 Å². The van der Waals surface area contributed by atoms with Crippen LogP contribution in [0.25, 0.3) is 0 Å². The van der Waals surface area contributed by atoms with Crippen molar-refractivity contribution in [1.29, 1.82) is 0 Å². The van der Waals surface area contributed by atoms with E-state index in [4.69, 9.17) is 5.73 Å². The Balaban J connectivity index is 1.67. The summed E-state index contributed by atoms with van der Waals surface area (Å²) in [6, 6.07) is 13.0. The molecule has 0 amide bonds. The number of piperazine rings is 1. The third-order valence-electron chi connectivity index (χ3n) is 4.89. The summed E-state index contributed by atoms with van der Waals surface area (Å²) in [5, 5.41) is 3.71. The lowest BCUT2D eigenvalue weighted by Crippen LogP contribution is -2.47. The second-order valence-electron chi connectivity index (χ2n) is 6.68. The number of nitrogens with zero attached hydrogens (tertiary/aromatic N) is 3. The number of thiocarbonyl (C=S) groups is 1. The predicted octanol–water partition coefficient (Wildman–Crippen LogP) is 3.02. The quantitative estimate of drug-likeness (QED) is 0.457. The van der Waals surface area contributed by atoms with Gasteiger partial charge in [-0.3, -0.25) is 10.3 Å². The minimum atomic E-state index is -0.610. The van der Waals surface area contributed by atoms with Crippen molar-refractivity contribution < 1.29 is 8.78 Å². The molecule has 0 bridgehead atoms. The number of hydrazone groups is 1. The first-order valence-electron chi connectivity index (χ1n) is 9.07. The number of hydrogen-bond donors (Lipinski definition) is 2. The third kappa shape index (κ3) is 4.82. The molecule has 1 heterocycles. The van der Waals surface area contributed by atoms with Crippen LogP contribution in [0.1, 0.15) is 24.1 Å². The maximum atomic E-state index is 14.6. The van der Waals surface area contributed by atoms with Gasteiger partial charge in [0.25, 0.3) is 0 Å². The molecular formula is C20H23F2N5S. The van der Waals surface area contributed by atoms with Crippen LogP contribution in [-0.2, 0) is 0 Å². The summed E-state index contributed by atoms with van der Waals surface area (Å²) in [5.74, 6) is -1.22. The van der Waals surface area contributed by atoms with E-state index in [1.54, 1.807) is 4.90 Å². The molecule has 3 rings (SSSR count). The molecule has 0 radical (unpaired) electrons. The number of nitrogens with two attached hydrogens (primary N) is 1. The first-order valence-corrected chi connectivity index (χ1v) is 9.48. The predicted molar refractivity (Wildman–Crippen MR) is 113 cm³/mol. The molecule has 2 aromatic rings. The smallest absolute Gasteiger partial charge is 0.184 e. The second-order valence-corrected chi connectivity index (χ2v) is 7.12. The normalized spacial score (nSPS) is 16.3. The lowest BCUT2D eigenvalue weighted by Gasteiger charge is -2.39. The molecular weight excluding hydrogens is 380 g/mol. The van der Waals surface area contributed by atoms with Gasteiger partial charge in [0, 0.05) is 37.8 Å². The zero-order valence-electron chi connectivity index (χ0n) is 15.6. The Morgan fingerprint density at radius 2 is 1.75 bits per heavy atom. The van der Waals surface area contributed by atoms with Crippen molar-refractivity contribution in [3.8, 4) is 0 Å². The number of benzene rings is 2. The van der Waals surface area contributed by atoms with E-state index in [0.29, 0.717) is 18.7 Å². The first kappa shape index (κ1) is 20.2. The molecule has 0 aromatic heterocycles. The van der Waals surface area contributed by atoms with Crippen molar-refractivity contribution >= 4 is 29.2 Å². The molecule has 0 aliphatic carbocycles. The van der Waals surface area contributed by atoms with Crippen molar-refractivity contribution in [2.75, 3.05) is 31.1 Å². The van der Waals surface area contributed by atoms with Gasteiger partial charge in [-0.2, -0.15) is 5.10 Å². The van der Waals surface area contributed by atoms with Gasteiger partial charge in [-0.05, 0) is 36.8 Å². The van der Waals surface area contributed by atoms with Gasteiger partial charge in [0.1, 0.15) is 17.3 Å². The van der Waals surface area contributed by atoms with Crippen molar-refractivity contribution in [1.82, 2.24) is 10.3 Å². The highest BCUT2D eigenvalue weighted by molar-refractivity contribution is 7.80. The molecule has 8 heteroatoms. The summed E-state index contributed by atoms with van der Waals surface area (Å²) in [7, 11) is 0. The highest BCUT2D eigenvalue weighted by Gasteiger charge is 2.25. The van der Waals surface area contributed by atoms with E-state index < -0.39 is 11.6 Å². The third-order valence-corrected chi connectivity index (χ3v) is 4.98. The van der Waals surface area contributed by atoms with E-state index in [-0.39, 0.29) is 16.8 Å². The average Bonchev–Trinajstić information content (AvgIpc) is 2.68. The highest BCUT2D eigenvalue weighted by Crippen LogP contribution is 2.28. The van der Waals surface area contributed by atoms with Gasteiger partial charge in [-0.25, -0.2) is 8.78 Å². The van der Waals surface area contributed by atoms with Crippen molar-refractivity contribution in [2.45, 2.75) is 13.0 Å². The minimum absolute atomic E-state index is 0.00599. The SMILES string of the molecule is CC(c1ccccc1)N1CCN(c2c(F)cc(/C=N/NC(N)=S)cc2F)CC1. The number of rotatable bonds is 5. The fourth-order valence-corrected chi connectivity index (χ4v) is 3.46. The average molecular weight is 404 g/mol. The molecule has 1 saturated heterocycles. The number of halogens is 2. The summed E-state index contributed by atoms with van der Waals surface area (Å²) < 4.78 is 29.1. The lowest BCUT2D eigenvalue weighted by atomic mass is 10.1. The van der Waals surface area contributed by atoms with Gasteiger partial charge in [0.2, 0.25) is 0 Å². The van der Waals surface area contributed by atoms with Gasteiger partial charge >= 0.3 is 0 Å². The minimum Gasteiger partial charge on any atom is -0.375 e. The summed E-state index contributed by atoms with van der Waals surface area (Å²) in [5.41, 5.74) is 9.15. The van der Waals surface area contributed by atoms with Crippen LogP contribution in [0, 0.1) is 11.6 Å². The van der Waals surface area contributed by atoms with E-state index >= 15 is 0 Å². The van der Waals surface area contributed by atoms with Crippen LogP contribution in [0.15, 0.2) is 47.6 Å². The molecule has 28 heavy (non-hydrogen) atoms.